The van der Waals surface area contributed by atoms with Gasteiger partial charge in [-0.15, -0.1) is 0 Å². The molecule has 5 nitrogen and oxygen atoms in total. The Balaban J connectivity index is 2.91. The van der Waals surface area contributed by atoms with Gasteiger partial charge in [0.2, 0.25) is 5.91 Å². The molecule has 0 fully saturated rings. The molecule has 94 valence electrons. The van der Waals surface area contributed by atoms with Crippen LogP contribution in [0.15, 0.2) is 12.3 Å². The van der Waals surface area contributed by atoms with Crippen molar-refractivity contribution in [3.05, 3.63) is 12.3 Å². The molecule has 0 bridgehead atoms. The van der Waals surface area contributed by atoms with Crippen LogP contribution in [-0.4, -0.2) is 34.2 Å². The van der Waals surface area contributed by atoms with Crippen LogP contribution < -0.4 is 0 Å². The van der Waals surface area contributed by atoms with Crippen molar-refractivity contribution in [3.8, 4) is 0 Å². The Labute approximate surface area is 100 Å². The number of ketones is 1. The molecule has 17 heavy (non-hydrogen) atoms. The van der Waals surface area contributed by atoms with E-state index in [1.807, 2.05) is 0 Å². The summed E-state index contributed by atoms with van der Waals surface area (Å²) in [5.41, 5.74) is -0.993. The van der Waals surface area contributed by atoms with Crippen molar-refractivity contribution >= 4 is 17.7 Å². The number of hydrogen-bond donors (Lipinski definition) is 1. The number of carbonyl (C=O) groups excluding carboxylic acids is 2. The molecule has 1 amide bonds. The van der Waals surface area contributed by atoms with Crippen molar-refractivity contribution in [2.24, 2.45) is 5.41 Å². The van der Waals surface area contributed by atoms with E-state index < -0.39 is 11.4 Å². The number of carbonyl (C=O) groups is 3. The molecule has 0 aromatic heterocycles. The van der Waals surface area contributed by atoms with Gasteiger partial charge >= 0.3 is 5.97 Å². The summed E-state index contributed by atoms with van der Waals surface area (Å²) in [5, 5.41) is 8.60. The largest absolute Gasteiger partial charge is 0.481 e. The first-order valence-electron chi connectivity index (χ1n) is 5.73. The Morgan fingerprint density at radius 1 is 1.35 bits per heavy atom. The molecule has 0 radical (unpaired) electrons. The van der Waals surface area contributed by atoms with Crippen molar-refractivity contribution < 1.29 is 19.5 Å². The third-order valence-corrected chi connectivity index (χ3v) is 3.32. The Kier molecular flexibility index (Phi) is 4.04. The fraction of sp³-hybridized carbons (Fsp3) is 0.583. The van der Waals surface area contributed by atoms with E-state index in [2.05, 4.69) is 0 Å². The predicted molar refractivity (Wildman–Crippen MR) is 61.1 cm³/mol. The van der Waals surface area contributed by atoms with Crippen molar-refractivity contribution in [1.29, 1.82) is 0 Å². The maximum atomic E-state index is 12.2. The van der Waals surface area contributed by atoms with Crippen molar-refractivity contribution in [2.75, 3.05) is 6.54 Å². The molecule has 1 aliphatic heterocycles. The fourth-order valence-electron chi connectivity index (χ4n) is 2.06. The third-order valence-electron chi connectivity index (χ3n) is 3.32. The molecular weight excluding hydrogens is 222 g/mol. The molecule has 0 spiro atoms. The van der Waals surface area contributed by atoms with E-state index in [4.69, 9.17) is 5.11 Å². The first kappa shape index (κ1) is 13.4. The Hall–Kier alpha value is -1.65. The lowest BCUT2D eigenvalue weighted by Crippen LogP contribution is -2.49. The van der Waals surface area contributed by atoms with Crippen LogP contribution in [-0.2, 0) is 14.4 Å². The maximum Gasteiger partial charge on any atom is 0.305 e. The van der Waals surface area contributed by atoms with E-state index in [1.54, 1.807) is 13.8 Å². The van der Waals surface area contributed by atoms with E-state index in [0.29, 0.717) is 12.8 Å². The molecule has 0 aliphatic carbocycles. The minimum atomic E-state index is -0.993. The zero-order chi connectivity index (χ0) is 13.1. The van der Waals surface area contributed by atoms with Gasteiger partial charge in [0.15, 0.2) is 5.78 Å². The number of hydrogen-bond acceptors (Lipinski definition) is 3. The van der Waals surface area contributed by atoms with Crippen LogP contribution in [0.5, 0.6) is 0 Å². The van der Waals surface area contributed by atoms with Gasteiger partial charge in [0.25, 0.3) is 0 Å². The van der Waals surface area contributed by atoms with Crippen LogP contribution in [0, 0.1) is 5.41 Å². The summed E-state index contributed by atoms with van der Waals surface area (Å²) in [6.07, 6.45) is 3.52. The molecule has 0 aromatic rings. The molecule has 1 N–H and O–H groups in total. The number of aliphatic carboxylic acids is 1. The lowest BCUT2D eigenvalue weighted by Gasteiger charge is -2.35. The van der Waals surface area contributed by atoms with Crippen LogP contribution in [0.3, 0.4) is 0 Å². The molecule has 0 saturated carbocycles. The molecule has 0 unspecified atom stereocenters. The Bertz CT molecular complexity index is 369. The van der Waals surface area contributed by atoms with Gasteiger partial charge in [0.05, 0.1) is 6.42 Å². The van der Waals surface area contributed by atoms with E-state index in [1.165, 1.54) is 17.2 Å². The zero-order valence-electron chi connectivity index (χ0n) is 10.1. The van der Waals surface area contributed by atoms with Gasteiger partial charge in [0, 0.05) is 12.7 Å². The monoisotopic (exact) mass is 239 g/mol. The number of carboxylic acid groups (broad SMARTS) is 1. The minimum absolute atomic E-state index is 0.111. The number of amides is 1. The zero-order valence-corrected chi connectivity index (χ0v) is 10.1. The van der Waals surface area contributed by atoms with Gasteiger partial charge in [-0.3, -0.25) is 14.4 Å². The molecule has 0 atom stereocenters. The molecule has 0 aromatic carbocycles. The number of carboxylic acids is 1. The summed E-state index contributed by atoms with van der Waals surface area (Å²) >= 11 is 0. The molecule has 0 saturated heterocycles. The molecular formula is C12H17NO4. The highest BCUT2D eigenvalue weighted by atomic mass is 16.4. The topological polar surface area (TPSA) is 74.7 Å². The van der Waals surface area contributed by atoms with Crippen LogP contribution >= 0.6 is 0 Å². The fourth-order valence-corrected chi connectivity index (χ4v) is 2.06. The average Bonchev–Trinajstić information content (AvgIpc) is 2.30. The predicted octanol–water partition coefficient (Wildman–Crippen LogP) is 1.19. The van der Waals surface area contributed by atoms with Crippen molar-refractivity contribution in [1.82, 2.24) is 4.90 Å². The second-order valence-corrected chi connectivity index (χ2v) is 4.11. The van der Waals surface area contributed by atoms with Crippen molar-refractivity contribution in [2.45, 2.75) is 33.1 Å². The van der Waals surface area contributed by atoms with Gasteiger partial charge in [0.1, 0.15) is 5.41 Å². The van der Waals surface area contributed by atoms with Crippen LogP contribution in [0.4, 0.5) is 0 Å². The summed E-state index contributed by atoms with van der Waals surface area (Å²) in [7, 11) is 0. The second kappa shape index (κ2) is 5.12. The quantitative estimate of drug-likeness (QED) is 0.731. The highest BCUT2D eigenvalue weighted by Gasteiger charge is 2.45. The third kappa shape index (κ3) is 2.38. The maximum absolute atomic E-state index is 12.2. The van der Waals surface area contributed by atoms with Gasteiger partial charge in [-0.2, -0.15) is 0 Å². The molecule has 1 heterocycles. The summed E-state index contributed by atoms with van der Waals surface area (Å²) in [6.45, 7) is 3.71. The lowest BCUT2D eigenvalue weighted by atomic mass is 9.75. The summed E-state index contributed by atoms with van der Waals surface area (Å²) in [6, 6.07) is 0. The molecule has 1 aliphatic rings. The van der Waals surface area contributed by atoms with Gasteiger partial charge in [-0.05, 0) is 18.9 Å². The second-order valence-electron chi connectivity index (χ2n) is 4.11. The van der Waals surface area contributed by atoms with Gasteiger partial charge in [-0.25, -0.2) is 0 Å². The van der Waals surface area contributed by atoms with E-state index in [9.17, 15) is 14.4 Å². The Morgan fingerprint density at radius 3 is 2.41 bits per heavy atom. The van der Waals surface area contributed by atoms with Gasteiger partial charge in [-0.1, -0.05) is 13.8 Å². The smallest absolute Gasteiger partial charge is 0.305 e. The number of allylic oxidation sites excluding steroid dienone is 1. The van der Waals surface area contributed by atoms with Crippen LogP contribution in [0.25, 0.3) is 0 Å². The van der Waals surface area contributed by atoms with Crippen molar-refractivity contribution in [3.63, 3.8) is 0 Å². The molecule has 1 rings (SSSR count). The summed E-state index contributed by atoms with van der Waals surface area (Å²) in [5.74, 6) is -1.42. The Morgan fingerprint density at radius 2 is 1.94 bits per heavy atom. The highest BCUT2D eigenvalue weighted by Crippen LogP contribution is 2.33. The summed E-state index contributed by atoms with van der Waals surface area (Å²) in [4.78, 5) is 35.8. The minimum Gasteiger partial charge on any atom is -0.481 e. The number of rotatable bonds is 5. The van der Waals surface area contributed by atoms with Crippen LogP contribution in [0.2, 0.25) is 0 Å². The van der Waals surface area contributed by atoms with E-state index in [-0.39, 0.29) is 24.7 Å². The highest BCUT2D eigenvalue weighted by molar-refractivity contribution is 6.13. The standard InChI is InChI=1S/C12H17NO4/c1-3-12(4-2)9(14)5-7-13(11(12)17)8-6-10(15)16/h5,7H,3-4,6,8H2,1-2H3,(H,15,16). The first-order valence-corrected chi connectivity index (χ1v) is 5.73. The van der Waals surface area contributed by atoms with Crippen LogP contribution in [0.1, 0.15) is 33.1 Å². The molecule has 5 heteroatoms. The lowest BCUT2D eigenvalue weighted by molar-refractivity contribution is -0.148. The van der Waals surface area contributed by atoms with E-state index >= 15 is 0 Å². The normalized spacial score (nSPS) is 18.6. The first-order chi connectivity index (χ1) is 7.97. The SMILES string of the molecule is CCC1(CC)C(=O)C=CN(CCC(=O)O)C1=O. The van der Waals surface area contributed by atoms with E-state index in [0.717, 1.165) is 0 Å². The average molecular weight is 239 g/mol. The van der Waals surface area contributed by atoms with Gasteiger partial charge < -0.3 is 10.0 Å². The number of nitrogens with zero attached hydrogens (tertiary/aromatic N) is 1. The summed E-state index contributed by atoms with van der Waals surface area (Å²) < 4.78 is 0.